The second-order valence-electron chi connectivity index (χ2n) is 6.82. The summed E-state index contributed by atoms with van der Waals surface area (Å²) in [5, 5.41) is 9.05. The normalized spacial score (nSPS) is 23.3. The minimum Gasteiger partial charge on any atom is -0.465 e. The molecule has 1 atom stereocenters. The van der Waals surface area contributed by atoms with E-state index in [1.54, 1.807) is 19.2 Å². The molecule has 2 aliphatic rings. The first-order chi connectivity index (χ1) is 11.8. The number of likely N-dealkylation sites (tertiary alicyclic amines) is 1. The Bertz CT molecular complexity index is 714. The molecular formula is C17H24N2O5S. The molecule has 2 aliphatic heterocycles. The van der Waals surface area contributed by atoms with E-state index in [2.05, 4.69) is 0 Å². The Morgan fingerprint density at radius 3 is 2.52 bits per heavy atom. The summed E-state index contributed by atoms with van der Waals surface area (Å²) in [6.45, 7) is 0.866. The van der Waals surface area contributed by atoms with Crippen molar-refractivity contribution in [1.29, 1.82) is 0 Å². The van der Waals surface area contributed by atoms with Crippen molar-refractivity contribution in [3.05, 3.63) is 35.9 Å². The molecule has 25 heavy (non-hydrogen) atoms. The summed E-state index contributed by atoms with van der Waals surface area (Å²) in [6.07, 6.45) is 1.23. The van der Waals surface area contributed by atoms with Crippen molar-refractivity contribution in [3.8, 4) is 0 Å². The van der Waals surface area contributed by atoms with E-state index in [9.17, 15) is 13.2 Å². The molecule has 2 fully saturated rings. The van der Waals surface area contributed by atoms with Crippen LogP contribution in [-0.2, 0) is 20.5 Å². The first-order valence-electron chi connectivity index (χ1n) is 8.47. The van der Waals surface area contributed by atoms with Crippen LogP contribution in [0.3, 0.4) is 0 Å². The molecule has 0 radical (unpaired) electrons. The average molecular weight is 368 g/mol. The van der Waals surface area contributed by atoms with Gasteiger partial charge in [0.1, 0.15) is 6.23 Å². The molecule has 2 saturated heterocycles. The summed E-state index contributed by atoms with van der Waals surface area (Å²) in [5.41, 5.74) is 0.351. The molecule has 0 saturated carbocycles. The smallest absolute Gasteiger partial charge is 0.407 e. The summed E-state index contributed by atoms with van der Waals surface area (Å²) in [5.74, 6) is -0.0516. The number of amides is 1. The van der Waals surface area contributed by atoms with E-state index in [1.807, 2.05) is 18.2 Å². The van der Waals surface area contributed by atoms with Gasteiger partial charge in [-0.1, -0.05) is 30.3 Å². The topological polar surface area (TPSA) is 87.2 Å². The summed E-state index contributed by atoms with van der Waals surface area (Å²) in [4.78, 5) is 12.4. The van der Waals surface area contributed by atoms with E-state index in [-0.39, 0.29) is 5.75 Å². The van der Waals surface area contributed by atoms with Crippen LogP contribution in [-0.4, -0.2) is 60.8 Å². The van der Waals surface area contributed by atoms with E-state index in [0.717, 1.165) is 12.0 Å². The molecule has 0 bridgehead atoms. The first kappa shape index (κ1) is 18.2. The van der Waals surface area contributed by atoms with Crippen LogP contribution in [0.1, 0.15) is 31.2 Å². The van der Waals surface area contributed by atoms with E-state index in [4.69, 9.17) is 9.84 Å². The van der Waals surface area contributed by atoms with E-state index in [0.29, 0.717) is 32.4 Å². The van der Waals surface area contributed by atoms with Crippen LogP contribution in [0.5, 0.6) is 0 Å². The van der Waals surface area contributed by atoms with Gasteiger partial charge in [-0.15, -0.1) is 0 Å². The predicted molar refractivity (Wildman–Crippen MR) is 92.5 cm³/mol. The molecule has 1 aromatic carbocycles. The Balaban J connectivity index is 1.62. The lowest BCUT2D eigenvalue weighted by Gasteiger charge is -2.38. The Kier molecular flexibility index (Phi) is 5.04. The number of benzene rings is 1. The number of hydrogen-bond donors (Lipinski definition) is 1. The number of piperidine rings is 1. The number of sulfonamides is 1. The summed E-state index contributed by atoms with van der Waals surface area (Å²) >= 11 is 0. The molecule has 0 aliphatic carbocycles. The molecule has 0 aromatic heterocycles. The molecule has 1 amide bonds. The summed E-state index contributed by atoms with van der Waals surface area (Å²) < 4.78 is 32.8. The minimum absolute atomic E-state index is 0.0516. The maximum Gasteiger partial charge on any atom is 0.407 e. The van der Waals surface area contributed by atoms with Gasteiger partial charge in [0, 0.05) is 20.1 Å². The molecule has 138 valence electrons. The number of carboxylic acid groups (broad SMARTS) is 1. The van der Waals surface area contributed by atoms with Gasteiger partial charge in [0.05, 0.1) is 11.4 Å². The maximum atomic E-state index is 12.7. The quantitative estimate of drug-likeness (QED) is 0.879. The van der Waals surface area contributed by atoms with Crippen molar-refractivity contribution in [2.24, 2.45) is 0 Å². The number of nitrogens with zero attached hydrogens (tertiary/aromatic N) is 2. The largest absolute Gasteiger partial charge is 0.465 e. The Morgan fingerprint density at radius 1 is 1.28 bits per heavy atom. The van der Waals surface area contributed by atoms with Crippen LogP contribution in [0, 0.1) is 0 Å². The number of rotatable bonds is 4. The molecule has 3 rings (SSSR count). The zero-order valence-electron chi connectivity index (χ0n) is 14.3. The molecule has 8 heteroatoms. The third-order valence-electron chi connectivity index (χ3n) is 5.21. The van der Waals surface area contributed by atoms with Gasteiger partial charge in [-0.3, -0.25) is 0 Å². The predicted octanol–water partition coefficient (Wildman–Crippen LogP) is 2.10. The van der Waals surface area contributed by atoms with Gasteiger partial charge in [0.15, 0.2) is 0 Å². The third kappa shape index (κ3) is 3.96. The highest BCUT2D eigenvalue weighted by atomic mass is 32.2. The average Bonchev–Trinajstić information content (AvgIpc) is 2.98. The standard InChI is InChI=1S/C17H24N2O5S/c1-18(25(22,23)13-14-5-3-2-4-6-14)15-7-8-17(24-15)9-11-19(12-10-17)16(20)21/h2-6,15H,7-13H2,1H3,(H,20,21). The number of hydrogen-bond acceptors (Lipinski definition) is 4. The van der Waals surface area contributed by atoms with Crippen LogP contribution in [0.4, 0.5) is 4.79 Å². The Hall–Kier alpha value is -1.64. The van der Waals surface area contributed by atoms with E-state index >= 15 is 0 Å². The monoisotopic (exact) mass is 368 g/mol. The van der Waals surface area contributed by atoms with Crippen molar-refractivity contribution in [2.45, 2.75) is 43.3 Å². The van der Waals surface area contributed by atoms with Gasteiger partial charge < -0.3 is 14.7 Å². The molecule has 2 heterocycles. The van der Waals surface area contributed by atoms with E-state index < -0.39 is 27.9 Å². The highest BCUT2D eigenvalue weighted by molar-refractivity contribution is 7.88. The van der Waals surface area contributed by atoms with Gasteiger partial charge in [0.25, 0.3) is 0 Å². The molecule has 1 spiro atoms. The lowest BCUT2D eigenvalue weighted by molar-refractivity contribution is -0.101. The number of carbonyl (C=O) groups is 1. The molecule has 1 unspecified atom stereocenters. The van der Waals surface area contributed by atoms with E-state index in [1.165, 1.54) is 9.21 Å². The zero-order chi connectivity index (χ0) is 18.1. The van der Waals surface area contributed by atoms with Crippen molar-refractivity contribution < 1.29 is 23.1 Å². The van der Waals surface area contributed by atoms with Gasteiger partial charge in [-0.25, -0.2) is 13.2 Å². The lowest BCUT2D eigenvalue weighted by atomic mass is 9.89. The van der Waals surface area contributed by atoms with Crippen molar-refractivity contribution in [2.75, 3.05) is 20.1 Å². The Labute approximate surface area is 148 Å². The molecule has 1 N–H and O–H groups in total. The van der Waals surface area contributed by atoms with Crippen LogP contribution >= 0.6 is 0 Å². The minimum atomic E-state index is -3.47. The maximum absolute atomic E-state index is 12.7. The van der Waals surface area contributed by atoms with Crippen molar-refractivity contribution in [3.63, 3.8) is 0 Å². The zero-order valence-corrected chi connectivity index (χ0v) is 15.1. The van der Waals surface area contributed by atoms with Gasteiger partial charge in [-0.2, -0.15) is 4.31 Å². The highest BCUT2D eigenvalue weighted by Crippen LogP contribution is 2.40. The molecule has 1 aromatic rings. The fourth-order valence-electron chi connectivity index (χ4n) is 3.59. The van der Waals surface area contributed by atoms with Crippen LogP contribution < -0.4 is 0 Å². The van der Waals surface area contributed by atoms with Crippen LogP contribution in [0.2, 0.25) is 0 Å². The summed E-state index contributed by atoms with van der Waals surface area (Å²) in [7, 11) is -1.91. The van der Waals surface area contributed by atoms with Gasteiger partial charge >= 0.3 is 6.09 Å². The fourth-order valence-corrected chi connectivity index (χ4v) is 4.91. The van der Waals surface area contributed by atoms with Gasteiger partial charge in [-0.05, 0) is 31.2 Å². The van der Waals surface area contributed by atoms with Crippen LogP contribution in [0.25, 0.3) is 0 Å². The number of ether oxygens (including phenoxy) is 1. The van der Waals surface area contributed by atoms with Crippen molar-refractivity contribution >= 4 is 16.1 Å². The molecule has 7 nitrogen and oxygen atoms in total. The fraction of sp³-hybridized carbons (Fsp3) is 0.588. The van der Waals surface area contributed by atoms with Gasteiger partial charge in [0.2, 0.25) is 10.0 Å². The molecular weight excluding hydrogens is 344 g/mol. The van der Waals surface area contributed by atoms with Crippen molar-refractivity contribution in [1.82, 2.24) is 9.21 Å². The second kappa shape index (κ2) is 6.93. The highest BCUT2D eigenvalue weighted by Gasteiger charge is 2.46. The van der Waals surface area contributed by atoms with Crippen LogP contribution in [0.15, 0.2) is 30.3 Å². The third-order valence-corrected chi connectivity index (χ3v) is 7.03. The SMILES string of the molecule is CN(C1CCC2(CCN(C(=O)O)CC2)O1)S(=O)(=O)Cc1ccccc1. The Morgan fingerprint density at radius 2 is 1.92 bits per heavy atom. The summed E-state index contributed by atoms with van der Waals surface area (Å²) in [6, 6.07) is 9.09. The second-order valence-corrected chi connectivity index (χ2v) is 8.85. The lowest BCUT2D eigenvalue weighted by Crippen LogP contribution is -2.47. The first-order valence-corrected chi connectivity index (χ1v) is 10.1.